The Labute approximate surface area is 110 Å². The first-order valence-electron chi connectivity index (χ1n) is 7.31. The summed E-state index contributed by atoms with van der Waals surface area (Å²) in [6.45, 7) is 3.59. The Hall–Kier alpha value is -0.610. The van der Waals surface area contributed by atoms with Gasteiger partial charge in [0.25, 0.3) is 0 Å². The summed E-state index contributed by atoms with van der Waals surface area (Å²) in [7, 11) is 0. The van der Waals surface area contributed by atoms with Gasteiger partial charge in [0.1, 0.15) is 0 Å². The smallest absolute Gasteiger partial charge is 0.223 e. The number of nitrogens with two attached hydrogens (primary N) is 1. The molecule has 0 aromatic carbocycles. The highest BCUT2D eigenvalue weighted by molar-refractivity contribution is 5.79. The van der Waals surface area contributed by atoms with Crippen LogP contribution in [0.25, 0.3) is 0 Å². The van der Waals surface area contributed by atoms with Gasteiger partial charge in [-0.2, -0.15) is 0 Å². The summed E-state index contributed by atoms with van der Waals surface area (Å²) in [5.74, 6) is 1.02. The van der Waals surface area contributed by atoms with Gasteiger partial charge >= 0.3 is 0 Å². The molecule has 1 amide bonds. The van der Waals surface area contributed by atoms with E-state index in [4.69, 9.17) is 10.8 Å². The fourth-order valence-electron chi connectivity index (χ4n) is 2.84. The van der Waals surface area contributed by atoms with E-state index in [0.717, 1.165) is 32.1 Å². The molecular formula is C14H28N2O2. The molecular weight excluding hydrogens is 228 g/mol. The fraction of sp³-hybridized carbons (Fsp3) is 0.929. The highest BCUT2D eigenvalue weighted by atomic mass is 16.3. The molecule has 0 aliphatic heterocycles. The second-order valence-electron chi connectivity index (χ2n) is 5.42. The van der Waals surface area contributed by atoms with Crippen LogP contribution in [-0.2, 0) is 4.79 Å². The van der Waals surface area contributed by atoms with Crippen molar-refractivity contribution in [2.24, 2.45) is 23.5 Å². The number of nitrogens with one attached hydrogen (secondary N) is 1. The van der Waals surface area contributed by atoms with E-state index >= 15 is 0 Å². The molecule has 106 valence electrons. The number of aliphatic hydroxyl groups is 1. The minimum atomic E-state index is 0.107. The maximum Gasteiger partial charge on any atom is 0.223 e. The maximum atomic E-state index is 12.2. The average Bonchev–Trinajstić information content (AvgIpc) is 2.42. The molecule has 0 heterocycles. The molecule has 1 fully saturated rings. The van der Waals surface area contributed by atoms with Crippen LogP contribution in [0.3, 0.4) is 0 Å². The van der Waals surface area contributed by atoms with Crippen molar-refractivity contribution in [3.63, 3.8) is 0 Å². The van der Waals surface area contributed by atoms with Crippen LogP contribution in [0.1, 0.15) is 45.4 Å². The van der Waals surface area contributed by atoms with Crippen molar-refractivity contribution in [2.45, 2.75) is 45.4 Å². The second kappa shape index (κ2) is 8.48. The largest absolute Gasteiger partial charge is 0.396 e. The monoisotopic (exact) mass is 256 g/mol. The third kappa shape index (κ3) is 4.58. The lowest BCUT2D eigenvalue weighted by atomic mass is 9.78. The Morgan fingerprint density at radius 1 is 1.44 bits per heavy atom. The Morgan fingerprint density at radius 3 is 2.78 bits per heavy atom. The molecule has 0 bridgehead atoms. The quantitative estimate of drug-likeness (QED) is 0.642. The zero-order valence-corrected chi connectivity index (χ0v) is 11.5. The number of amides is 1. The highest BCUT2D eigenvalue weighted by Gasteiger charge is 2.29. The first-order valence-corrected chi connectivity index (χ1v) is 7.31. The van der Waals surface area contributed by atoms with Gasteiger partial charge in [-0.1, -0.05) is 26.2 Å². The molecule has 18 heavy (non-hydrogen) atoms. The van der Waals surface area contributed by atoms with Crippen LogP contribution < -0.4 is 11.1 Å². The molecule has 4 heteroatoms. The van der Waals surface area contributed by atoms with Gasteiger partial charge in [-0.3, -0.25) is 4.79 Å². The predicted octanol–water partition coefficient (Wildman–Crippen LogP) is 1.28. The number of aliphatic hydroxyl groups excluding tert-OH is 1. The van der Waals surface area contributed by atoms with E-state index in [0.29, 0.717) is 24.9 Å². The van der Waals surface area contributed by atoms with E-state index in [9.17, 15) is 4.79 Å². The SMILES string of the molecule is CCC(CCO)CNC(=O)C1CCCCC1CN. The maximum absolute atomic E-state index is 12.2. The summed E-state index contributed by atoms with van der Waals surface area (Å²) >= 11 is 0. The molecule has 1 rings (SSSR count). The molecule has 1 saturated carbocycles. The molecule has 0 spiro atoms. The Bertz CT molecular complexity index is 246. The van der Waals surface area contributed by atoms with Gasteiger partial charge in [-0.15, -0.1) is 0 Å². The van der Waals surface area contributed by atoms with Gasteiger partial charge in [-0.25, -0.2) is 0 Å². The van der Waals surface area contributed by atoms with Crippen molar-refractivity contribution in [3.8, 4) is 0 Å². The third-order valence-electron chi connectivity index (χ3n) is 4.23. The van der Waals surface area contributed by atoms with Crippen LogP contribution in [0.2, 0.25) is 0 Å². The Kier molecular flexibility index (Phi) is 7.28. The van der Waals surface area contributed by atoms with Gasteiger partial charge in [0.05, 0.1) is 0 Å². The van der Waals surface area contributed by atoms with Gasteiger partial charge < -0.3 is 16.2 Å². The van der Waals surface area contributed by atoms with E-state index in [2.05, 4.69) is 12.2 Å². The molecule has 4 nitrogen and oxygen atoms in total. The molecule has 0 aromatic rings. The summed E-state index contributed by atoms with van der Waals surface area (Å²) in [4.78, 5) is 12.2. The van der Waals surface area contributed by atoms with Gasteiger partial charge in [0.2, 0.25) is 5.91 Å². The first-order chi connectivity index (χ1) is 8.72. The minimum absolute atomic E-state index is 0.107. The fourth-order valence-corrected chi connectivity index (χ4v) is 2.84. The van der Waals surface area contributed by atoms with Crippen molar-refractivity contribution in [1.82, 2.24) is 5.32 Å². The zero-order chi connectivity index (χ0) is 13.4. The van der Waals surface area contributed by atoms with Crippen molar-refractivity contribution in [3.05, 3.63) is 0 Å². The van der Waals surface area contributed by atoms with Crippen molar-refractivity contribution in [1.29, 1.82) is 0 Å². The second-order valence-corrected chi connectivity index (χ2v) is 5.42. The average molecular weight is 256 g/mol. The van der Waals surface area contributed by atoms with Gasteiger partial charge in [-0.05, 0) is 37.6 Å². The standard InChI is InChI=1S/C14H28N2O2/c1-2-11(7-8-17)10-16-14(18)13-6-4-3-5-12(13)9-15/h11-13,17H,2-10,15H2,1H3,(H,16,18). The lowest BCUT2D eigenvalue weighted by Crippen LogP contribution is -2.41. The Morgan fingerprint density at radius 2 is 2.17 bits per heavy atom. The van der Waals surface area contributed by atoms with Crippen LogP contribution in [0, 0.1) is 17.8 Å². The molecule has 3 unspecified atom stereocenters. The molecule has 4 N–H and O–H groups in total. The van der Waals surface area contributed by atoms with E-state index in [-0.39, 0.29) is 18.4 Å². The minimum Gasteiger partial charge on any atom is -0.396 e. The molecule has 0 radical (unpaired) electrons. The third-order valence-corrected chi connectivity index (χ3v) is 4.23. The van der Waals surface area contributed by atoms with Crippen LogP contribution >= 0.6 is 0 Å². The van der Waals surface area contributed by atoms with Crippen LogP contribution in [0.5, 0.6) is 0 Å². The summed E-state index contributed by atoms with van der Waals surface area (Å²) in [5.41, 5.74) is 5.75. The van der Waals surface area contributed by atoms with E-state index in [1.54, 1.807) is 0 Å². The number of carbonyl (C=O) groups excluding carboxylic acids is 1. The molecule has 3 atom stereocenters. The number of carbonyl (C=O) groups is 1. The van der Waals surface area contributed by atoms with E-state index in [1.807, 2.05) is 0 Å². The molecule has 0 saturated heterocycles. The summed E-state index contributed by atoms with van der Waals surface area (Å²) in [5, 5.41) is 12.0. The number of rotatable bonds is 7. The summed E-state index contributed by atoms with van der Waals surface area (Å²) < 4.78 is 0. The lowest BCUT2D eigenvalue weighted by Gasteiger charge is -2.30. The van der Waals surface area contributed by atoms with Crippen molar-refractivity contribution < 1.29 is 9.90 Å². The van der Waals surface area contributed by atoms with Crippen molar-refractivity contribution in [2.75, 3.05) is 19.7 Å². The normalized spacial score (nSPS) is 25.7. The first kappa shape index (κ1) is 15.4. The van der Waals surface area contributed by atoms with E-state index < -0.39 is 0 Å². The highest BCUT2D eigenvalue weighted by Crippen LogP contribution is 2.29. The van der Waals surface area contributed by atoms with Crippen LogP contribution in [0.4, 0.5) is 0 Å². The molecule has 1 aliphatic carbocycles. The zero-order valence-electron chi connectivity index (χ0n) is 11.5. The lowest BCUT2D eigenvalue weighted by molar-refractivity contribution is -0.127. The van der Waals surface area contributed by atoms with Crippen LogP contribution in [0.15, 0.2) is 0 Å². The topological polar surface area (TPSA) is 75.3 Å². The van der Waals surface area contributed by atoms with E-state index in [1.165, 1.54) is 6.42 Å². The van der Waals surface area contributed by atoms with Gasteiger partial charge in [0.15, 0.2) is 0 Å². The Balaban J connectivity index is 2.38. The molecule has 0 aromatic heterocycles. The van der Waals surface area contributed by atoms with Gasteiger partial charge in [0, 0.05) is 19.1 Å². The van der Waals surface area contributed by atoms with Crippen molar-refractivity contribution >= 4 is 5.91 Å². The predicted molar refractivity (Wildman–Crippen MR) is 73.0 cm³/mol. The number of hydrogen-bond acceptors (Lipinski definition) is 3. The molecule has 1 aliphatic rings. The summed E-state index contributed by atoms with van der Waals surface area (Å²) in [6.07, 6.45) is 6.16. The van der Waals surface area contributed by atoms with Crippen LogP contribution in [-0.4, -0.2) is 30.7 Å². The number of hydrogen-bond donors (Lipinski definition) is 3. The summed E-state index contributed by atoms with van der Waals surface area (Å²) in [6, 6.07) is 0.